The van der Waals surface area contributed by atoms with Crippen LogP contribution in [0, 0.1) is 13.8 Å². The van der Waals surface area contributed by atoms with Crippen molar-refractivity contribution >= 4 is 64.6 Å². The Kier molecular flexibility index (Phi) is 5.90. The molecule has 52 heavy (non-hydrogen) atoms. The molecule has 11 nitrogen and oxygen atoms in total. The summed E-state index contributed by atoms with van der Waals surface area (Å²) in [5.74, 6) is -5.64. The standard InChI is InChI=1S/C41H30O11/c1-5-15-36(47)26-22-18-19-21-25(33(44)12(4)35(46)29(21)41(52)31-23(19)27(26)37(48)16(6-2)39(31)50)17(13-7-9-14(42)10-8-13)24-20(18)28(34(45)11(3)32(24)43)40(51)30(22)38(15)49/h7-10,17,42-50H,5-6H2,1-4H3. The molecule has 0 unspecified atom stereocenters. The molecule has 9 rings (SSSR count). The quantitative estimate of drug-likeness (QED) is 0.0692. The van der Waals surface area contributed by atoms with Gasteiger partial charge in [-0.1, -0.05) is 26.0 Å². The van der Waals surface area contributed by atoms with Crippen LogP contribution in [0.3, 0.4) is 0 Å². The Morgan fingerprint density at radius 1 is 0.423 bits per heavy atom. The van der Waals surface area contributed by atoms with Crippen LogP contribution >= 0.6 is 0 Å². The number of fused-ring (bicyclic) bond motifs is 1. The minimum atomic E-state index is -1.24. The molecule has 0 bridgehead atoms. The lowest BCUT2D eigenvalue weighted by atomic mass is 9.79. The van der Waals surface area contributed by atoms with Crippen molar-refractivity contribution in [3.8, 4) is 51.7 Å². The lowest BCUT2D eigenvalue weighted by Crippen LogP contribution is -2.11. The molecule has 0 aromatic heterocycles. The van der Waals surface area contributed by atoms with E-state index in [1.54, 1.807) is 13.8 Å². The van der Waals surface area contributed by atoms with Crippen molar-refractivity contribution in [2.24, 2.45) is 0 Å². The molecule has 8 aromatic carbocycles. The number of aromatic hydroxyl groups is 9. The van der Waals surface area contributed by atoms with Gasteiger partial charge in [-0.15, -0.1) is 0 Å². The van der Waals surface area contributed by atoms with Crippen molar-refractivity contribution in [3.63, 3.8) is 0 Å². The normalized spacial score (nSPS) is 13.2. The zero-order valence-corrected chi connectivity index (χ0v) is 28.1. The molecule has 0 saturated heterocycles. The maximum Gasteiger partial charge on any atom is 0.201 e. The summed E-state index contributed by atoms with van der Waals surface area (Å²) in [7, 11) is 0. The van der Waals surface area contributed by atoms with Gasteiger partial charge in [-0.05, 0) is 44.4 Å². The smallest absolute Gasteiger partial charge is 0.201 e. The predicted octanol–water partition coefficient (Wildman–Crippen LogP) is 6.79. The molecule has 0 heterocycles. The Labute approximate surface area is 292 Å². The largest absolute Gasteiger partial charge is 0.508 e. The zero-order valence-electron chi connectivity index (χ0n) is 28.1. The lowest BCUT2D eigenvalue weighted by Gasteiger charge is -2.25. The van der Waals surface area contributed by atoms with Gasteiger partial charge < -0.3 is 46.0 Å². The molecule has 1 aliphatic rings. The van der Waals surface area contributed by atoms with Gasteiger partial charge >= 0.3 is 0 Å². The fourth-order valence-electron chi connectivity index (χ4n) is 9.06. The highest BCUT2D eigenvalue weighted by molar-refractivity contribution is 6.46. The van der Waals surface area contributed by atoms with E-state index in [4.69, 9.17) is 0 Å². The van der Waals surface area contributed by atoms with E-state index in [0.29, 0.717) is 5.56 Å². The SMILES string of the molecule is CCc1c(O)c2c(=O)c3c(O)c(C)c(O)c4c3c3c2c(c1O)c1c(O)c(CC)c(O)c2c(=O)c5c(O)c(C)c(O)c(c5c3c21)C4c1ccc(O)cc1. The van der Waals surface area contributed by atoms with E-state index in [2.05, 4.69) is 0 Å². The number of hydrogen-bond acceptors (Lipinski definition) is 11. The predicted molar refractivity (Wildman–Crippen MR) is 197 cm³/mol. The fraction of sp³-hybridized carbons (Fsp3) is 0.171. The van der Waals surface area contributed by atoms with E-state index in [0.717, 1.165) is 0 Å². The molecule has 9 N–H and O–H groups in total. The Morgan fingerprint density at radius 3 is 1.12 bits per heavy atom. The third kappa shape index (κ3) is 3.23. The third-order valence-electron chi connectivity index (χ3n) is 11.5. The highest BCUT2D eigenvalue weighted by atomic mass is 16.3. The summed E-state index contributed by atoms with van der Waals surface area (Å²) in [6, 6.07) is 5.80. The Morgan fingerprint density at radius 2 is 0.750 bits per heavy atom. The Bertz CT molecular complexity index is 2940. The van der Waals surface area contributed by atoms with Crippen molar-refractivity contribution in [1.29, 1.82) is 0 Å². The van der Waals surface area contributed by atoms with Crippen molar-refractivity contribution in [1.82, 2.24) is 0 Å². The molecule has 0 aliphatic heterocycles. The minimum absolute atomic E-state index is 0.00930. The van der Waals surface area contributed by atoms with E-state index in [-0.39, 0.29) is 117 Å². The van der Waals surface area contributed by atoms with Gasteiger partial charge in [0.15, 0.2) is 0 Å². The third-order valence-corrected chi connectivity index (χ3v) is 11.5. The van der Waals surface area contributed by atoms with Gasteiger partial charge in [0.2, 0.25) is 10.9 Å². The van der Waals surface area contributed by atoms with Crippen LogP contribution < -0.4 is 10.9 Å². The topological polar surface area (TPSA) is 216 Å². The van der Waals surface area contributed by atoms with Crippen LogP contribution in [0.5, 0.6) is 51.7 Å². The highest BCUT2D eigenvalue weighted by Crippen LogP contribution is 2.62. The number of phenols is 9. The van der Waals surface area contributed by atoms with Gasteiger partial charge in [-0.3, -0.25) is 9.59 Å². The van der Waals surface area contributed by atoms with E-state index in [1.165, 1.54) is 38.1 Å². The van der Waals surface area contributed by atoms with Crippen molar-refractivity contribution < 1.29 is 46.0 Å². The second-order valence-corrected chi connectivity index (χ2v) is 13.7. The van der Waals surface area contributed by atoms with Gasteiger partial charge in [-0.25, -0.2) is 0 Å². The summed E-state index contributed by atoms with van der Waals surface area (Å²) in [5.41, 5.74) is -1.63. The van der Waals surface area contributed by atoms with Gasteiger partial charge in [0, 0.05) is 82.4 Å². The molecule has 0 atom stereocenters. The van der Waals surface area contributed by atoms with Crippen LogP contribution in [0.25, 0.3) is 64.6 Å². The van der Waals surface area contributed by atoms with Gasteiger partial charge in [0.05, 0.1) is 21.5 Å². The molecule has 8 aromatic rings. The first-order valence-corrected chi connectivity index (χ1v) is 16.7. The van der Waals surface area contributed by atoms with Crippen LogP contribution in [0.15, 0.2) is 33.9 Å². The summed E-state index contributed by atoms with van der Waals surface area (Å²) >= 11 is 0. The summed E-state index contributed by atoms with van der Waals surface area (Å²) in [6.45, 7) is 6.06. The molecule has 0 fully saturated rings. The maximum atomic E-state index is 14.9. The van der Waals surface area contributed by atoms with E-state index < -0.39 is 62.8 Å². The van der Waals surface area contributed by atoms with Gasteiger partial charge in [0.1, 0.15) is 51.7 Å². The molecule has 11 heteroatoms. The molecule has 0 amide bonds. The number of rotatable bonds is 3. The van der Waals surface area contributed by atoms with E-state index in [9.17, 15) is 55.5 Å². The zero-order chi connectivity index (χ0) is 37.1. The first-order chi connectivity index (χ1) is 24.7. The van der Waals surface area contributed by atoms with Crippen LogP contribution in [0.1, 0.15) is 58.7 Å². The van der Waals surface area contributed by atoms with Crippen molar-refractivity contribution in [2.45, 2.75) is 46.5 Å². The molecular weight excluding hydrogens is 668 g/mol. The monoisotopic (exact) mass is 698 g/mol. The molecule has 0 saturated carbocycles. The summed E-state index contributed by atoms with van der Waals surface area (Å²) in [5, 5.41) is 104. The van der Waals surface area contributed by atoms with Crippen LogP contribution in [0.4, 0.5) is 0 Å². The minimum Gasteiger partial charge on any atom is -0.508 e. The molecule has 0 radical (unpaired) electrons. The van der Waals surface area contributed by atoms with Crippen LogP contribution in [-0.2, 0) is 12.8 Å². The average Bonchev–Trinajstić information content (AvgIpc) is 3.24. The van der Waals surface area contributed by atoms with Gasteiger partial charge in [0.25, 0.3) is 0 Å². The second kappa shape index (κ2) is 9.79. The molecule has 260 valence electrons. The first-order valence-electron chi connectivity index (χ1n) is 16.7. The molecular formula is C41H30O11. The Hall–Kier alpha value is -6.62. The van der Waals surface area contributed by atoms with E-state index >= 15 is 0 Å². The van der Waals surface area contributed by atoms with Crippen molar-refractivity contribution in [3.05, 3.63) is 83.7 Å². The average molecular weight is 699 g/mol. The number of benzene rings is 8. The highest BCUT2D eigenvalue weighted by Gasteiger charge is 2.40. The van der Waals surface area contributed by atoms with Crippen molar-refractivity contribution in [2.75, 3.05) is 0 Å². The maximum absolute atomic E-state index is 14.9. The fourth-order valence-corrected chi connectivity index (χ4v) is 9.06. The van der Waals surface area contributed by atoms with Crippen LogP contribution in [0.2, 0.25) is 0 Å². The summed E-state index contributed by atoms with van der Waals surface area (Å²) in [4.78, 5) is 29.8. The lowest BCUT2D eigenvalue weighted by molar-refractivity contribution is 0.437. The number of hydrogen-bond donors (Lipinski definition) is 9. The van der Waals surface area contributed by atoms with Crippen LogP contribution in [-0.4, -0.2) is 46.0 Å². The summed E-state index contributed by atoms with van der Waals surface area (Å²) < 4.78 is 0. The number of phenolic OH excluding ortho intramolecular Hbond substituents is 9. The van der Waals surface area contributed by atoms with Gasteiger partial charge in [-0.2, -0.15) is 0 Å². The summed E-state index contributed by atoms with van der Waals surface area (Å²) in [6.07, 6.45) is 0.0424. The Balaban J connectivity index is 1.85. The first kappa shape index (κ1) is 31.4. The van der Waals surface area contributed by atoms with E-state index in [1.807, 2.05) is 0 Å². The molecule has 0 spiro atoms. The molecule has 1 aliphatic carbocycles. The second-order valence-electron chi connectivity index (χ2n) is 13.7.